The molecule has 0 unspecified atom stereocenters. The maximum absolute atomic E-state index is 12.8. The van der Waals surface area contributed by atoms with Crippen LogP contribution in [0.4, 0.5) is 18.9 Å². The number of H-pyrrole nitrogens is 1. The molecule has 3 aromatic rings. The van der Waals surface area contributed by atoms with E-state index in [2.05, 4.69) is 25.8 Å². The van der Waals surface area contributed by atoms with Gasteiger partial charge in [0.05, 0.1) is 11.6 Å². The Morgan fingerprint density at radius 2 is 1.90 bits per heavy atom. The number of benzene rings is 2. The fourth-order valence-corrected chi connectivity index (χ4v) is 2.94. The zero-order chi connectivity index (χ0) is 20.9. The number of carbonyl (C=O) groups is 1. The summed E-state index contributed by atoms with van der Waals surface area (Å²) in [5.41, 5.74) is 0.234. The number of rotatable bonds is 7. The monoisotopic (exact) mass is 403 g/mol. The van der Waals surface area contributed by atoms with Crippen LogP contribution in [0.5, 0.6) is 0 Å². The van der Waals surface area contributed by atoms with Crippen molar-refractivity contribution in [1.82, 2.24) is 20.5 Å². The molecular formula is C20H20F3N5O. The number of halogens is 3. The molecule has 0 aliphatic rings. The Bertz CT molecular complexity index is 929. The van der Waals surface area contributed by atoms with Crippen molar-refractivity contribution in [2.75, 3.05) is 5.32 Å². The number of nitrogens with zero attached hydrogens (tertiary/aromatic N) is 2. The van der Waals surface area contributed by atoms with Gasteiger partial charge in [0.25, 0.3) is 0 Å². The van der Waals surface area contributed by atoms with Crippen LogP contribution in [0.15, 0.2) is 60.9 Å². The summed E-state index contributed by atoms with van der Waals surface area (Å²) in [6.45, 7) is 1.82. The maximum atomic E-state index is 12.8. The van der Waals surface area contributed by atoms with E-state index in [1.165, 1.54) is 18.5 Å². The van der Waals surface area contributed by atoms with Gasteiger partial charge in [0.15, 0.2) is 0 Å². The van der Waals surface area contributed by atoms with E-state index in [-0.39, 0.29) is 24.2 Å². The average Bonchev–Trinajstić information content (AvgIpc) is 3.20. The number of carbonyl (C=O) groups excluding carboxylic acids is 1. The number of hydrogen-bond donors (Lipinski definition) is 3. The number of amides is 1. The minimum Gasteiger partial charge on any atom is -0.326 e. The topological polar surface area (TPSA) is 82.7 Å². The highest BCUT2D eigenvalue weighted by atomic mass is 19.4. The van der Waals surface area contributed by atoms with E-state index in [1.54, 1.807) is 0 Å². The molecule has 0 fully saturated rings. The first-order valence-corrected chi connectivity index (χ1v) is 8.96. The summed E-state index contributed by atoms with van der Waals surface area (Å²) < 4.78 is 38.5. The molecule has 1 amide bonds. The summed E-state index contributed by atoms with van der Waals surface area (Å²) >= 11 is 0. The fourth-order valence-electron chi connectivity index (χ4n) is 2.94. The van der Waals surface area contributed by atoms with E-state index in [0.29, 0.717) is 5.82 Å². The quantitative estimate of drug-likeness (QED) is 0.558. The molecular weight excluding hydrogens is 383 g/mol. The van der Waals surface area contributed by atoms with Crippen LogP contribution in [0.1, 0.15) is 36.3 Å². The van der Waals surface area contributed by atoms with E-state index in [0.717, 1.165) is 17.7 Å². The molecule has 6 nitrogen and oxygen atoms in total. The fraction of sp³-hybridized carbons (Fsp3) is 0.250. The molecule has 152 valence electrons. The SMILES string of the molecule is C[C@@H](CC(=O)Nc1cccc(C(F)(F)F)c1)N[C@@H](c1ccccc1)c1ncn[nH]1. The van der Waals surface area contributed by atoms with Crippen LogP contribution < -0.4 is 10.6 Å². The molecule has 0 aliphatic heterocycles. The predicted molar refractivity (Wildman–Crippen MR) is 102 cm³/mol. The molecule has 1 aromatic heterocycles. The lowest BCUT2D eigenvalue weighted by molar-refractivity contribution is -0.137. The molecule has 3 N–H and O–H groups in total. The van der Waals surface area contributed by atoms with Gasteiger partial charge in [-0.15, -0.1) is 0 Å². The van der Waals surface area contributed by atoms with Crippen LogP contribution in [-0.2, 0) is 11.0 Å². The molecule has 0 saturated carbocycles. The first kappa shape index (κ1) is 20.5. The molecule has 29 heavy (non-hydrogen) atoms. The third-order valence-corrected chi connectivity index (χ3v) is 4.26. The summed E-state index contributed by atoms with van der Waals surface area (Å²) in [5.74, 6) is 0.204. The van der Waals surface area contributed by atoms with E-state index < -0.39 is 17.6 Å². The van der Waals surface area contributed by atoms with Gasteiger partial charge in [-0.3, -0.25) is 9.89 Å². The van der Waals surface area contributed by atoms with Crippen LogP contribution >= 0.6 is 0 Å². The van der Waals surface area contributed by atoms with Crippen LogP contribution in [0, 0.1) is 0 Å². The molecule has 0 aliphatic carbocycles. The van der Waals surface area contributed by atoms with E-state index in [9.17, 15) is 18.0 Å². The molecule has 1 heterocycles. The van der Waals surface area contributed by atoms with Gasteiger partial charge in [-0.1, -0.05) is 36.4 Å². The highest BCUT2D eigenvalue weighted by Crippen LogP contribution is 2.30. The summed E-state index contributed by atoms with van der Waals surface area (Å²) in [5, 5.41) is 12.5. The highest BCUT2D eigenvalue weighted by Gasteiger charge is 2.30. The van der Waals surface area contributed by atoms with Crippen molar-refractivity contribution < 1.29 is 18.0 Å². The number of aromatic nitrogens is 3. The molecule has 0 bridgehead atoms. The molecule has 0 saturated heterocycles. The van der Waals surface area contributed by atoms with Crippen LogP contribution in [0.2, 0.25) is 0 Å². The van der Waals surface area contributed by atoms with Gasteiger partial charge in [0, 0.05) is 18.2 Å². The van der Waals surface area contributed by atoms with Gasteiger partial charge in [-0.25, -0.2) is 4.98 Å². The lowest BCUT2D eigenvalue weighted by atomic mass is 10.0. The number of aromatic amines is 1. The van der Waals surface area contributed by atoms with Gasteiger partial charge in [0.2, 0.25) is 5.91 Å². The average molecular weight is 403 g/mol. The second-order valence-electron chi connectivity index (χ2n) is 6.61. The number of alkyl halides is 3. The first-order valence-electron chi connectivity index (χ1n) is 8.96. The summed E-state index contributed by atoms with van der Waals surface area (Å²) in [6.07, 6.45) is -3.00. The Morgan fingerprint density at radius 1 is 1.14 bits per heavy atom. The Labute approximate surface area is 165 Å². The van der Waals surface area contributed by atoms with Crippen LogP contribution in [0.25, 0.3) is 0 Å². The molecule has 9 heteroatoms. The largest absolute Gasteiger partial charge is 0.416 e. The minimum absolute atomic E-state index is 0.0632. The maximum Gasteiger partial charge on any atom is 0.416 e. The Hall–Kier alpha value is -3.20. The smallest absolute Gasteiger partial charge is 0.326 e. The molecule has 0 radical (unpaired) electrons. The van der Waals surface area contributed by atoms with Crippen LogP contribution in [0.3, 0.4) is 0 Å². The Balaban J connectivity index is 1.64. The first-order chi connectivity index (χ1) is 13.8. The number of anilines is 1. The minimum atomic E-state index is -4.46. The van der Waals surface area contributed by atoms with Crippen molar-refractivity contribution in [2.45, 2.75) is 31.6 Å². The zero-order valence-electron chi connectivity index (χ0n) is 15.6. The number of nitrogens with one attached hydrogen (secondary N) is 3. The summed E-state index contributed by atoms with van der Waals surface area (Å²) in [4.78, 5) is 16.5. The second-order valence-corrected chi connectivity index (χ2v) is 6.61. The Kier molecular flexibility index (Phi) is 6.28. The molecule has 2 atom stereocenters. The van der Waals surface area contributed by atoms with Crippen molar-refractivity contribution in [3.63, 3.8) is 0 Å². The third-order valence-electron chi connectivity index (χ3n) is 4.26. The van der Waals surface area contributed by atoms with Gasteiger partial charge in [0.1, 0.15) is 12.2 Å². The highest BCUT2D eigenvalue weighted by molar-refractivity contribution is 5.91. The lowest BCUT2D eigenvalue weighted by Gasteiger charge is -2.22. The van der Waals surface area contributed by atoms with E-state index >= 15 is 0 Å². The summed E-state index contributed by atoms with van der Waals surface area (Å²) in [6, 6.07) is 13.5. The zero-order valence-corrected chi connectivity index (χ0v) is 15.6. The van der Waals surface area contributed by atoms with Crippen molar-refractivity contribution in [3.8, 4) is 0 Å². The standard InChI is InChI=1S/C20H20F3N5O/c1-13(10-17(29)27-16-9-5-8-15(11-16)20(21,22)23)26-18(19-24-12-25-28-19)14-6-3-2-4-7-14/h2-9,11-13,18,26H,10H2,1H3,(H,27,29)(H,24,25,28)/t13-,18-/m0/s1. The van der Waals surface area contributed by atoms with Crippen molar-refractivity contribution >= 4 is 11.6 Å². The lowest BCUT2D eigenvalue weighted by Crippen LogP contribution is -2.35. The van der Waals surface area contributed by atoms with Crippen LogP contribution in [-0.4, -0.2) is 27.1 Å². The van der Waals surface area contributed by atoms with Gasteiger partial charge < -0.3 is 10.6 Å². The van der Waals surface area contributed by atoms with Crippen molar-refractivity contribution in [2.24, 2.45) is 0 Å². The molecule has 0 spiro atoms. The Morgan fingerprint density at radius 3 is 2.55 bits per heavy atom. The van der Waals surface area contributed by atoms with Gasteiger partial charge >= 0.3 is 6.18 Å². The van der Waals surface area contributed by atoms with E-state index in [4.69, 9.17) is 0 Å². The van der Waals surface area contributed by atoms with E-state index in [1.807, 2.05) is 37.3 Å². The summed E-state index contributed by atoms with van der Waals surface area (Å²) in [7, 11) is 0. The number of hydrogen-bond acceptors (Lipinski definition) is 4. The predicted octanol–water partition coefficient (Wildman–Crippen LogP) is 3.92. The molecule has 2 aromatic carbocycles. The normalized spacial score (nSPS) is 13.7. The van der Waals surface area contributed by atoms with Gasteiger partial charge in [-0.2, -0.15) is 18.3 Å². The second kappa shape index (κ2) is 8.87. The third kappa shape index (κ3) is 5.64. The van der Waals surface area contributed by atoms with Crippen molar-refractivity contribution in [1.29, 1.82) is 0 Å². The molecule has 3 rings (SSSR count). The van der Waals surface area contributed by atoms with Crippen molar-refractivity contribution in [3.05, 3.63) is 77.9 Å². The van der Waals surface area contributed by atoms with Gasteiger partial charge in [-0.05, 0) is 30.7 Å².